The number of thiophene rings is 1. The van der Waals surface area contributed by atoms with Crippen LogP contribution in [0.3, 0.4) is 0 Å². The number of hydrogen-bond acceptors (Lipinski definition) is 5. The van der Waals surface area contributed by atoms with Gasteiger partial charge in [-0.2, -0.15) is 0 Å². The number of nitrogens with zero attached hydrogens (tertiary/aromatic N) is 2. The van der Waals surface area contributed by atoms with Crippen LogP contribution in [-0.2, 0) is 0 Å². The highest BCUT2D eigenvalue weighted by Crippen LogP contribution is 2.36. The fraction of sp³-hybridized carbons (Fsp3) is 0. The third-order valence-corrected chi connectivity index (χ3v) is 4.67. The average molecular weight is 287 g/mol. The van der Waals surface area contributed by atoms with Crippen LogP contribution in [0.5, 0.6) is 0 Å². The van der Waals surface area contributed by atoms with E-state index in [1.54, 1.807) is 36.5 Å². The third-order valence-electron chi connectivity index (χ3n) is 2.53. The van der Waals surface area contributed by atoms with Crippen molar-refractivity contribution in [3.63, 3.8) is 0 Å². The Morgan fingerprint density at radius 3 is 2.74 bits per heavy atom. The molecule has 0 saturated heterocycles. The number of carbonyl (C=O) groups excluding carboxylic acids is 1. The van der Waals surface area contributed by atoms with Gasteiger partial charge in [0, 0.05) is 40.0 Å². The first-order valence-corrected chi connectivity index (χ1v) is 7.12. The van der Waals surface area contributed by atoms with Crippen molar-refractivity contribution in [2.24, 2.45) is 5.73 Å². The van der Waals surface area contributed by atoms with E-state index in [9.17, 15) is 4.79 Å². The van der Waals surface area contributed by atoms with Gasteiger partial charge in [-0.05, 0) is 18.2 Å². The van der Waals surface area contributed by atoms with Gasteiger partial charge in [0.2, 0.25) is 0 Å². The summed E-state index contributed by atoms with van der Waals surface area (Å²) in [4.78, 5) is 22.1. The van der Waals surface area contributed by atoms with Gasteiger partial charge in [0.15, 0.2) is 0 Å². The van der Waals surface area contributed by atoms with Gasteiger partial charge in [0.25, 0.3) is 5.91 Å². The molecule has 0 aliphatic carbocycles. The van der Waals surface area contributed by atoms with Crippen LogP contribution in [0.1, 0.15) is 9.67 Å². The van der Waals surface area contributed by atoms with Gasteiger partial charge in [0.05, 0.1) is 9.58 Å². The minimum Gasteiger partial charge on any atom is -0.365 e. The number of amides is 1. The summed E-state index contributed by atoms with van der Waals surface area (Å²) in [5.41, 5.74) is 5.32. The minimum atomic E-state index is -0.402. The molecule has 0 radical (unpaired) electrons. The van der Waals surface area contributed by atoms with E-state index in [4.69, 9.17) is 5.73 Å². The summed E-state index contributed by atoms with van der Waals surface area (Å²) < 4.78 is 0.966. The maximum Gasteiger partial charge on any atom is 0.258 e. The van der Waals surface area contributed by atoms with Gasteiger partial charge in [0.1, 0.15) is 0 Å². The Kier molecular flexibility index (Phi) is 3.18. The zero-order valence-electron chi connectivity index (χ0n) is 9.74. The van der Waals surface area contributed by atoms with Crippen LogP contribution < -0.4 is 5.73 Å². The van der Waals surface area contributed by atoms with Crippen LogP contribution in [0, 0.1) is 0 Å². The quantitative estimate of drug-likeness (QED) is 0.804. The Bertz CT molecular complexity index is 740. The van der Waals surface area contributed by atoms with Gasteiger partial charge in [-0.1, -0.05) is 11.8 Å². The predicted octanol–water partition coefficient (Wildman–Crippen LogP) is 2.94. The van der Waals surface area contributed by atoms with Crippen molar-refractivity contribution in [1.82, 2.24) is 9.97 Å². The van der Waals surface area contributed by atoms with E-state index in [0.29, 0.717) is 4.88 Å². The minimum absolute atomic E-state index is 0.402. The summed E-state index contributed by atoms with van der Waals surface area (Å²) in [6.45, 7) is 0. The molecule has 3 aromatic heterocycles. The summed E-state index contributed by atoms with van der Waals surface area (Å²) in [5, 5.41) is 1.01. The Balaban J connectivity index is 2.06. The molecule has 3 rings (SSSR count). The number of fused-ring (bicyclic) bond motifs is 1. The molecule has 0 aliphatic rings. The lowest BCUT2D eigenvalue weighted by Crippen LogP contribution is -2.08. The van der Waals surface area contributed by atoms with Crippen molar-refractivity contribution in [1.29, 1.82) is 0 Å². The van der Waals surface area contributed by atoms with Crippen LogP contribution in [0.25, 0.3) is 10.1 Å². The summed E-state index contributed by atoms with van der Waals surface area (Å²) >= 11 is 2.96. The zero-order chi connectivity index (χ0) is 13.2. The Morgan fingerprint density at radius 1 is 1.21 bits per heavy atom. The molecule has 4 nitrogen and oxygen atoms in total. The third kappa shape index (κ3) is 2.45. The van der Waals surface area contributed by atoms with Crippen LogP contribution in [-0.4, -0.2) is 15.9 Å². The second kappa shape index (κ2) is 4.99. The van der Waals surface area contributed by atoms with Gasteiger partial charge in [-0.3, -0.25) is 14.8 Å². The first-order chi connectivity index (χ1) is 9.24. The van der Waals surface area contributed by atoms with E-state index in [0.717, 1.165) is 19.9 Å². The Hall–Kier alpha value is -1.92. The molecule has 0 atom stereocenters. The van der Waals surface area contributed by atoms with E-state index < -0.39 is 5.91 Å². The molecule has 0 fully saturated rings. The number of primary amides is 1. The second-order valence-corrected chi connectivity index (χ2v) is 6.01. The normalized spacial score (nSPS) is 10.7. The lowest BCUT2D eigenvalue weighted by atomic mass is 10.3. The average Bonchev–Trinajstić information content (AvgIpc) is 2.85. The molecule has 94 valence electrons. The van der Waals surface area contributed by atoms with E-state index in [1.165, 1.54) is 11.3 Å². The number of carbonyl (C=O) groups is 1. The van der Waals surface area contributed by atoms with Crippen molar-refractivity contribution < 1.29 is 4.79 Å². The van der Waals surface area contributed by atoms with Crippen molar-refractivity contribution >= 4 is 39.1 Å². The Morgan fingerprint density at radius 2 is 2.00 bits per heavy atom. The van der Waals surface area contributed by atoms with Crippen LogP contribution >= 0.6 is 23.1 Å². The summed E-state index contributed by atoms with van der Waals surface area (Å²) in [6, 6.07) is 5.70. The topological polar surface area (TPSA) is 68.9 Å². The highest BCUT2D eigenvalue weighted by Gasteiger charge is 2.11. The summed E-state index contributed by atoms with van der Waals surface area (Å²) in [5.74, 6) is -0.402. The standard InChI is InChI=1S/C13H9N3OS2/c14-13(17)10-5-9-11(6-16-7-12(9)19-10)18-8-1-3-15-4-2-8/h1-7H,(H2,14,17). The molecule has 0 aromatic carbocycles. The number of nitrogens with two attached hydrogens (primary N) is 1. The number of hydrogen-bond donors (Lipinski definition) is 1. The largest absolute Gasteiger partial charge is 0.365 e. The van der Waals surface area contributed by atoms with Crippen molar-refractivity contribution in [2.75, 3.05) is 0 Å². The highest BCUT2D eigenvalue weighted by atomic mass is 32.2. The predicted molar refractivity (Wildman–Crippen MR) is 76.5 cm³/mol. The van der Waals surface area contributed by atoms with Crippen molar-refractivity contribution in [3.8, 4) is 0 Å². The van der Waals surface area contributed by atoms with E-state index in [1.807, 2.05) is 18.2 Å². The van der Waals surface area contributed by atoms with Crippen LogP contribution in [0.2, 0.25) is 0 Å². The van der Waals surface area contributed by atoms with Gasteiger partial charge in [-0.25, -0.2) is 0 Å². The first kappa shape index (κ1) is 12.1. The molecule has 0 saturated carbocycles. The van der Waals surface area contributed by atoms with E-state index in [-0.39, 0.29) is 0 Å². The van der Waals surface area contributed by atoms with E-state index >= 15 is 0 Å². The zero-order valence-corrected chi connectivity index (χ0v) is 11.4. The number of pyridine rings is 2. The lowest BCUT2D eigenvalue weighted by Gasteiger charge is -2.01. The molecule has 0 unspecified atom stereocenters. The highest BCUT2D eigenvalue weighted by molar-refractivity contribution is 7.99. The van der Waals surface area contributed by atoms with E-state index in [2.05, 4.69) is 9.97 Å². The maximum atomic E-state index is 11.2. The lowest BCUT2D eigenvalue weighted by molar-refractivity contribution is 0.100. The van der Waals surface area contributed by atoms with Gasteiger partial charge >= 0.3 is 0 Å². The molecule has 2 N–H and O–H groups in total. The summed E-state index contributed by atoms with van der Waals surface area (Å²) in [6.07, 6.45) is 7.05. The molecular weight excluding hydrogens is 278 g/mol. The molecule has 0 bridgehead atoms. The maximum absolute atomic E-state index is 11.2. The fourth-order valence-electron chi connectivity index (χ4n) is 1.67. The molecule has 1 amide bonds. The monoisotopic (exact) mass is 287 g/mol. The first-order valence-electron chi connectivity index (χ1n) is 5.49. The SMILES string of the molecule is NC(=O)c1cc2c(Sc3ccncc3)cncc2s1. The van der Waals surface area contributed by atoms with Gasteiger partial charge in [-0.15, -0.1) is 11.3 Å². The fourth-order valence-corrected chi connectivity index (χ4v) is 3.55. The summed E-state index contributed by atoms with van der Waals surface area (Å²) in [7, 11) is 0. The van der Waals surface area contributed by atoms with Crippen molar-refractivity contribution in [2.45, 2.75) is 9.79 Å². The number of aromatic nitrogens is 2. The molecule has 3 heterocycles. The second-order valence-electron chi connectivity index (χ2n) is 3.81. The molecule has 6 heteroatoms. The smallest absolute Gasteiger partial charge is 0.258 e. The van der Waals surface area contributed by atoms with Crippen LogP contribution in [0.4, 0.5) is 0 Å². The molecule has 0 spiro atoms. The Labute approximate surface area is 117 Å². The molecule has 0 aliphatic heterocycles. The van der Waals surface area contributed by atoms with Gasteiger partial charge < -0.3 is 5.73 Å². The van der Waals surface area contributed by atoms with Crippen LogP contribution in [0.15, 0.2) is 52.8 Å². The molecule has 3 aromatic rings. The molecular formula is C13H9N3OS2. The molecule has 19 heavy (non-hydrogen) atoms. The van der Waals surface area contributed by atoms with Crippen molar-refractivity contribution in [3.05, 3.63) is 47.9 Å². The number of rotatable bonds is 3.